The van der Waals surface area contributed by atoms with Gasteiger partial charge in [-0.3, -0.25) is 0 Å². The van der Waals surface area contributed by atoms with Crippen molar-refractivity contribution in [3.63, 3.8) is 0 Å². The van der Waals surface area contributed by atoms with Gasteiger partial charge in [0.05, 0.1) is 18.2 Å². The number of hydrogen-bond donors (Lipinski definition) is 1. The van der Waals surface area contributed by atoms with Crippen molar-refractivity contribution in [2.45, 2.75) is 41.5 Å². The first-order valence-corrected chi connectivity index (χ1v) is 12.5. The molecular weight excluding hydrogens is 436 g/mol. The number of esters is 1. The number of hydrogen-bond acceptors (Lipinski definition) is 4. The molecule has 1 aliphatic heterocycles. The van der Waals surface area contributed by atoms with Crippen LogP contribution in [0.4, 0.5) is 5.69 Å². The Labute approximate surface area is 207 Å². The van der Waals surface area contributed by atoms with Gasteiger partial charge in [-0.2, -0.15) is 0 Å². The quantitative estimate of drug-likeness (QED) is 0.197. The fraction of sp³-hybridized carbons (Fsp3) is 0.333. The fourth-order valence-corrected chi connectivity index (χ4v) is 4.85. The van der Waals surface area contributed by atoms with Gasteiger partial charge in [0.15, 0.2) is 0 Å². The summed E-state index contributed by atoms with van der Waals surface area (Å²) >= 11 is 0. The van der Waals surface area contributed by atoms with Crippen molar-refractivity contribution in [2.75, 3.05) is 31.6 Å². The molecule has 5 heteroatoms. The van der Waals surface area contributed by atoms with Gasteiger partial charge in [0.1, 0.15) is 24.4 Å². The number of anilines is 1. The molecule has 4 rings (SSSR count). The van der Waals surface area contributed by atoms with E-state index >= 15 is 0 Å². The summed E-state index contributed by atoms with van der Waals surface area (Å²) in [5.74, 6) is 0.479. The number of nitrogens with zero attached hydrogens (tertiary/aromatic N) is 1. The minimum Gasteiger partial charge on any atom is -0.462 e. The molecule has 5 nitrogen and oxygen atoms in total. The van der Waals surface area contributed by atoms with Crippen LogP contribution in [0, 0.1) is 13.8 Å². The molecule has 1 aliphatic carbocycles. The number of fused-ring (bicyclic) bond motifs is 2. The Morgan fingerprint density at radius 3 is 2.37 bits per heavy atom. The zero-order chi connectivity index (χ0) is 25.1. The Bertz CT molecular complexity index is 1430. The van der Waals surface area contributed by atoms with Crippen molar-refractivity contribution in [3.05, 3.63) is 70.6 Å². The van der Waals surface area contributed by atoms with E-state index in [1.54, 1.807) is 0 Å². The first-order valence-electron chi connectivity index (χ1n) is 12.5. The lowest BCUT2D eigenvalue weighted by molar-refractivity contribution is 0.0527. The second-order valence-corrected chi connectivity index (χ2v) is 8.74. The zero-order valence-corrected chi connectivity index (χ0v) is 21.6. The van der Waals surface area contributed by atoms with Crippen LogP contribution in [-0.2, 0) is 4.74 Å². The fourth-order valence-electron chi connectivity index (χ4n) is 4.85. The van der Waals surface area contributed by atoms with Crippen LogP contribution in [-0.4, -0.2) is 32.2 Å². The molecular formula is C30H35N2O3+. The molecule has 2 aliphatic rings. The Morgan fingerprint density at radius 1 is 0.943 bits per heavy atom. The second kappa shape index (κ2) is 10.3. The molecule has 0 fully saturated rings. The van der Waals surface area contributed by atoms with Crippen molar-refractivity contribution in [1.82, 2.24) is 4.58 Å². The van der Waals surface area contributed by atoms with E-state index in [1.165, 1.54) is 5.56 Å². The maximum absolute atomic E-state index is 12.9. The zero-order valence-electron chi connectivity index (χ0n) is 21.6. The maximum Gasteiger partial charge on any atom is 0.338 e. The third-order valence-electron chi connectivity index (χ3n) is 6.55. The summed E-state index contributed by atoms with van der Waals surface area (Å²) in [7, 11) is 0. The molecule has 1 N–H and O–H groups in total. The molecule has 0 radical (unpaired) electrons. The van der Waals surface area contributed by atoms with Gasteiger partial charge in [-0.1, -0.05) is 18.2 Å². The predicted molar refractivity (Wildman–Crippen MR) is 144 cm³/mol. The van der Waals surface area contributed by atoms with Crippen molar-refractivity contribution in [2.24, 2.45) is 0 Å². The Hall–Kier alpha value is -3.60. The van der Waals surface area contributed by atoms with Crippen molar-refractivity contribution in [1.29, 1.82) is 0 Å². The van der Waals surface area contributed by atoms with Crippen molar-refractivity contribution >= 4 is 22.6 Å². The summed E-state index contributed by atoms with van der Waals surface area (Å²) in [6.45, 7) is 15.5. The average Bonchev–Trinajstić information content (AvgIpc) is 2.85. The highest BCUT2D eigenvalue weighted by atomic mass is 16.5. The summed E-state index contributed by atoms with van der Waals surface area (Å²) in [5, 5.41) is 5.57. The molecule has 2 aromatic carbocycles. The van der Waals surface area contributed by atoms with Crippen LogP contribution < -0.4 is 15.2 Å². The highest BCUT2D eigenvalue weighted by Gasteiger charge is 2.24. The molecule has 0 saturated heterocycles. The maximum atomic E-state index is 12.9. The minimum atomic E-state index is -0.317. The van der Waals surface area contributed by atoms with E-state index in [1.807, 2.05) is 31.2 Å². The molecule has 0 aromatic heterocycles. The Balaban J connectivity index is 2.18. The molecule has 35 heavy (non-hydrogen) atoms. The molecule has 1 heterocycles. The van der Waals surface area contributed by atoms with E-state index in [-0.39, 0.29) is 5.97 Å². The third kappa shape index (κ3) is 4.55. The molecule has 0 spiro atoms. The lowest BCUT2D eigenvalue weighted by atomic mass is 9.89. The Kier molecular flexibility index (Phi) is 7.25. The highest BCUT2D eigenvalue weighted by Crippen LogP contribution is 2.43. The molecule has 0 unspecified atom stereocenters. The molecule has 2 aromatic rings. The minimum absolute atomic E-state index is 0.317. The number of nitrogens with one attached hydrogen (secondary N) is 1. The topological polar surface area (TPSA) is 54.5 Å². The lowest BCUT2D eigenvalue weighted by Gasteiger charge is -2.19. The largest absolute Gasteiger partial charge is 0.462 e. The molecule has 0 amide bonds. The standard InChI is InChI=1S/C30H34N2O3/c1-7-31-25-17-27-23(15-19(25)5)29(21-13-11-12-14-22(21)30(33)34-10-4)24-16-20(6)26(18-28(24)35-27)32(8-2)9-3/h11-18H,7-10H2,1-6H3/p+1. The third-order valence-corrected chi connectivity index (χ3v) is 6.55. The van der Waals surface area contributed by atoms with Crippen LogP contribution in [0.1, 0.15) is 49.2 Å². The van der Waals surface area contributed by atoms with Crippen LogP contribution in [0.2, 0.25) is 0 Å². The second-order valence-electron chi connectivity index (χ2n) is 8.74. The van der Waals surface area contributed by atoms with Crippen LogP contribution in [0.5, 0.6) is 0 Å². The predicted octanol–water partition coefficient (Wildman–Crippen LogP) is 6.24. The van der Waals surface area contributed by atoms with Gasteiger partial charge in [-0.05, 0) is 70.9 Å². The van der Waals surface area contributed by atoms with Gasteiger partial charge < -0.3 is 14.5 Å². The highest BCUT2D eigenvalue weighted by molar-refractivity contribution is 6.08. The smallest absolute Gasteiger partial charge is 0.338 e. The summed E-state index contributed by atoms with van der Waals surface area (Å²) in [4.78, 5) is 12.9. The first kappa shape index (κ1) is 24.5. The van der Waals surface area contributed by atoms with Gasteiger partial charge in [-0.15, -0.1) is 0 Å². The van der Waals surface area contributed by atoms with Gasteiger partial charge >= 0.3 is 5.97 Å². The monoisotopic (exact) mass is 471 g/mol. The van der Waals surface area contributed by atoms with Gasteiger partial charge in [-0.25, -0.2) is 9.37 Å². The van der Waals surface area contributed by atoms with Gasteiger partial charge in [0.25, 0.3) is 0 Å². The molecule has 182 valence electrons. The van der Waals surface area contributed by atoms with Gasteiger partial charge in [0.2, 0.25) is 5.36 Å². The van der Waals surface area contributed by atoms with Crippen LogP contribution in [0.3, 0.4) is 0 Å². The SMILES string of the molecule is CCNc1cc2oc3cc(=[N+](CC)CC)c(C)cc-3c(-c3ccccc3C(=O)OCC)c2cc1C. The van der Waals surface area contributed by atoms with Crippen LogP contribution >= 0.6 is 0 Å². The van der Waals surface area contributed by atoms with E-state index in [2.05, 4.69) is 68.8 Å². The summed E-state index contributed by atoms with van der Waals surface area (Å²) < 4.78 is 14.3. The Morgan fingerprint density at radius 2 is 1.69 bits per heavy atom. The number of carbonyl (C=O) groups is 1. The summed E-state index contributed by atoms with van der Waals surface area (Å²) in [5.41, 5.74) is 7.51. The number of benzene rings is 3. The van der Waals surface area contributed by atoms with E-state index < -0.39 is 0 Å². The van der Waals surface area contributed by atoms with Crippen molar-refractivity contribution in [3.8, 4) is 22.5 Å². The van der Waals surface area contributed by atoms with Crippen LogP contribution in [0.25, 0.3) is 33.4 Å². The summed E-state index contributed by atoms with van der Waals surface area (Å²) in [6, 6.07) is 16.2. The molecule has 0 bridgehead atoms. The number of aryl methyl sites for hydroxylation is 2. The van der Waals surface area contributed by atoms with E-state index in [9.17, 15) is 4.79 Å². The molecule has 0 saturated carbocycles. The van der Waals surface area contributed by atoms with E-state index in [0.717, 1.165) is 69.7 Å². The number of rotatable bonds is 7. The summed E-state index contributed by atoms with van der Waals surface area (Å²) in [6.07, 6.45) is 0. The van der Waals surface area contributed by atoms with Crippen LogP contribution in [0.15, 0.2) is 52.9 Å². The van der Waals surface area contributed by atoms with Crippen molar-refractivity contribution < 1.29 is 13.9 Å². The van der Waals surface area contributed by atoms with Gasteiger partial charge in [0, 0.05) is 40.4 Å². The number of carbonyl (C=O) groups excluding carboxylic acids is 1. The lowest BCUT2D eigenvalue weighted by Crippen LogP contribution is -2.31. The van der Waals surface area contributed by atoms with E-state index in [4.69, 9.17) is 9.15 Å². The number of ether oxygens (including phenoxy) is 1. The first-order chi connectivity index (χ1) is 16.9. The van der Waals surface area contributed by atoms with E-state index in [0.29, 0.717) is 12.2 Å². The molecule has 0 atom stereocenters. The average molecular weight is 472 g/mol. The normalized spacial score (nSPS) is 11.1.